The van der Waals surface area contributed by atoms with Gasteiger partial charge in [-0.05, 0) is 23.3 Å². The van der Waals surface area contributed by atoms with Crippen LogP contribution in [0, 0.1) is 20.2 Å². The number of aliphatic hydroxyl groups excluding tert-OH is 4. The van der Waals surface area contributed by atoms with Crippen LogP contribution in [0.1, 0.15) is 11.1 Å². The predicted molar refractivity (Wildman–Crippen MR) is 133 cm³/mol. The number of likely N-dealkylation sites (N-methyl/N-ethyl adjacent to an activating group) is 2. The van der Waals surface area contributed by atoms with Gasteiger partial charge in [0.05, 0.1) is 61.5 Å². The second-order valence-electron chi connectivity index (χ2n) is 9.55. The van der Waals surface area contributed by atoms with Gasteiger partial charge in [0.25, 0.3) is 11.4 Å². The first-order chi connectivity index (χ1) is 17.0. The highest BCUT2D eigenvalue weighted by Gasteiger charge is 2.28. The number of nitro benzene ring substituents is 2. The molecule has 0 saturated heterocycles. The van der Waals surface area contributed by atoms with E-state index in [0.717, 1.165) is 0 Å². The van der Waals surface area contributed by atoms with Crippen LogP contribution in [0.5, 0.6) is 0 Å². The Morgan fingerprint density at radius 1 is 0.639 bits per heavy atom. The Hall–Kier alpha value is -3.00. The number of hydrogen-bond acceptors (Lipinski definition) is 8. The second-order valence-corrected chi connectivity index (χ2v) is 9.55. The van der Waals surface area contributed by atoms with Crippen molar-refractivity contribution in [3.63, 3.8) is 0 Å². The largest absolute Gasteiger partial charge is 0.391 e. The molecule has 0 spiro atoms. The van der Waals surface area contributed by atoms with Gasteiger partial charge in [0.2, 0.25) is 0 Å². The fraction of sp³-hybridized carbons (Fsp3) is 0.500. The maximum absolute atomic E-state index is 11.9. The first-order valence-electron chi connectivity index (χ1n) is 11.7. The van der Waals surface area contributed by atoms with E-state index in [-0.39, 0.29) is 59.9 Å². The van der Waals surface area contributed by atoms with Crippen LogP contribution in [0.15, 0.2) is 36.4 Å². The third kappa shape index (κ3) is 7.50. The van der Waals surface area contributed by atoms with Crippen molar-refractivity contribution in [3.05, 3.63) is 67.8 Å². The van der Waals surface area contributed by atoms with Crippen molar-refractivity contribution >= 4 is 11.4 Å². The maximum Gasteiger partial charge on any atom is 0.278 e. The molecule has 12 heteroatoms. The van der Waals surface area contributed by atoms with E-state index in [1.807, 2.05) is 0 Å². The van der Waals surface area contributed by atoms with Gasteiger partial charge in [0, 0.05) is 12.1 Å². The summed E-state index contributed by atoms with van der Waals surface area (Å²) >= 11 is 0. The van der Waals surface area contributed by atoms with E-state index >= 15 is 0 Å². The van der Waals surface area contributed by atoms with Crippen LogP contribution in [0.4, 0.5) is 11.4 Å². The molecular formula is C24H36N4O8+2. The Morgan fingerprint density at radius 2 is 0.944 bits per heavy atom. The van der Waals surface area contributed by atoms with Gasteiger partial charge in [-0.25, -0.2) is 0 Å². The lowest BCUT2D eigenvalue weighted by Gasteiger charge is -2.33. The lowest BCUT2D eigenvalue weighted by molar-refractivity contribution is -0.923. The molecule has 4 N–H and O–H groups in total. The average Bonchev–Trinajstić information content (AvgIpc) is 2.79. The minimum Gasteiger partial charge on any atom is -0.391 e. The molecule has 2 aromatic carbocycles. The molecule has 0 amide bonds. The number of nitro groups is 2. The normalized spacial score (nSPS) is 12.1. The smallest absolute Gasteiger partial charge is 0.278 e. The summed E-state index contributed by atoms with van der Waals surface area (Å²) in [6, 6.07) is 9.31. The average molecular weight is 509 g/mol. The zero-order valence-electron chi connectivity index (χ0n) is 20.7. The fourth-order valence-electron chi connectivity index (χ4n) is 4.42. The number of hydrogen-bond donors (Lipinski definition) is 4. The molecule has 0 atom stereocenters. The van der Waals surface area contributed by atoms with Gasteiger partial charge < -0.3 is 29.4 Å². The molecule has 2 rings (SSSR count). The minimum absolute atomic E-state index is 0.132. The summed E-state index contributed by atoms with van der Waals surface area (Å²) in [5.74, 6) is 0. The number of aliphatic hydroxyl groups is 4. The van der Waals surface area contributed by atoms with Crippen molar-refractivity contribution in [2.75, 3.05) is 66.7 Å². The van der Waals surface area contributed by atoms with E-state index in [9.17, 15) is 40.7 Å². The molecule has 198 valence electrons. The zero-order chi connectivity index (χ0) is 26.9. The lowest BCUT2D eigenvalue weighted by Crippen LogP contribution is -2.47. The molecule has 12 nitrogen and oxygen atoms in total. The molecule has 0 aliphatic heterocycles. The number of quaternary nitrogens is 2. The van der Waals surface area contributed by atoms with Crippen LogP contribution >= 0.6 is 0 Å². The summed E-state index contributed by atoms with van der Waals surface area (Å²) in [7, 11) is 3.60. The molecule has 0 radical (unpaired) electrons. The first-order valence-corrected chi connectivity index (χ1v) is 11.7. The summed E-state index contributed by atoms with van der Waals surface area (Å²) in [5, 5.41) is 61.3. The quantitative estimate of drug-likeness (QED) is 0.157. The Labute approximate surface area is 209 Å². The summed E-state index contributed by atoms with van der Waals surface area (Å²) in [5.41, 5.74) is 1.47. The second kappa shape index (κ2) is 12.8. The van der Waals surface area contributed by atoms with Gasteiger partial charge in [-0.1, -0.05) is 12.1 Å². The van der Waals surface area contributed by atoms with E-state index in [0.29, 0.717) is 48.4 Å². The van der Waals surface area contributed by atoms with Gasteiger partial charge in [-0.2, -0.15) is 0 Å². The standard InChI is InChI=1S/C24H36N4O8/c1-27(7-11-29,8-12-30)17-21-5-3-19(15-23(21)25(33)34)20-4-6-22(24(16-20)26(35)36)18-28(2,9-13-31)10-14-32/h3-6,15-16,29-32H,7-14,17-18H2,1-2H3/q+2. The number of rotatable bonds is 15. The van der Waals surface area contributed by atoms with E-state index < -0.39 is 9.85 Å². The SMILES string of the molecule is C[N+](CCO)(CCO)Cc1ccc(-c2ccc(C[N+](C)(CCO)CCO)c([N+](=O)[O-])c2)cc1[N+](=O)[O-]. The Morgan fingerprint density at radius 3 is 1.19 bits per heavy atom. The summed E-state index contributed by atoms with van der Waals surface area (Å²) in [4.78, 5) is 22.7. The highest BCUT2D eigenvalue weighted by Crippen LogP contribution is 2.33. The van der Waals surface area contributed by atoms with Gasteiger partial charge in [-0.3, -0.25) is 20.2 Å². The molecule has 0 aliphatic carbocycles. The van der Waals surface area contributed by atoms with Crippen molar-refractivity contribution in [2.24, 2.45) is 0 Å². The van der Waals surface area contributed by atoms with Crippen LogP contribution in [-0.2, 0) is 13.1 Å². The fourth-order valence-corrected chi connectivity index (χ4v) is 4.42. The molecule has 0 aromatic heterocycles. The first kappa shape index (κ1) is 29.2. The van der Waals surface area contributed by atoms with Crippen LogP contribution in [0.3, 0.4) is 0 Å². The Bertz CT molecular complexity index is 967. The van der Waals surface area contributed by atoms with E-state index in [4.69, 9.17) is 0 Å². The van der Waals surface area contributed by atoms with Gasteiger partial charge in [0.1, 0.15) is 39.3 Å². The Kier molecular flexibility index (Phi) is 10.4. The maximum atomic E-state index is 11.9. The van der Waals surface area contributed by atoms with Crippen LogP contribution < -0.4 is 0 Å². The van der Waals surface area contributed by atoms with Crippen LogP contribution in [-0.4, -0.2) is 106 Å². The van der Waals surface area contributed by atoms with Crippen molar-refractivity contribution < 1.29 is 39.2 Å². The summed E-state index contributed by atoms with van der Waals surface area (Å²) < 4.78 is 0.429. The third-order valence-electron chi connectivity index (χ3n) is 6.56. The topological polar surface area (TPSA) is 167 Å². The molecule has 0 unspecified atom stereocenters. The molecule has 0 heterocycles. The lowest BCUT2D eigenvalue weighted by atomic mass is 9.99. The Balaban J connectivity index is 2.48. The van der Waals surface area contributed by atoms with Crippen molar-refractivity contribution in [1.82, 2.24) is 0 Å². The van der Waals surface area contributed by atoms with Gasteiger partial charge in [-0.15, -0.1) is 0 Å². The molecule has 0 aliphatic rings. The molecule has 0 bridgehead atoms. The molecular weight excluding hydrogens is 472 g/mol. The summed E-state index contributed by atoms with van der Waals surface area (Å²) in [6.45, 7) is 1.19. The monoisotopic (exact) mass is 508 g/mol. The van der Waals surface area contributed by atoms with Crippen molar-refractivity contribution in [3.8, 4) is 11.1 Å². The predicted octanol–water partition coefficient (Wildman–Crippen LogP) is 1.03. The molecule has 2 aromatic rings. The summed E-state index contributed by atoms with van der Waals surface area (Å²) in [6.07, 6.45) is 0. The van der Waals surface area contributed by atoms with Gasteiger partial charge in [0.15, 0.2) is 0 Å². The minimum atomic E-state index is -0.503. The highest BCUT2D eigenvalue weighted by atomic mass is 16.6. The zero-order valence-corrected chi connectivity index (χ0v) is 20.7. The van der Waals surface area contributed by atoms with E-state index in [1.54, 1.807) is 38.4 Å². The highest BCUT2D eigenvalue weighted by molar-refractivity contribution is 5.70. The van der Waals surface area contributed by atoms with Gasteiger partial charge >= 0.3 is 0 Å². The van der Waals surface area contributed by atoms with E-state index in [1.165, 1.54) is 12.1 Å². The number of benzene rings is 2. The van der Waals surface area contributed by atoms with Crippen LogP contribution in [0.25, 0.3) is 11.1 Å². The molecule has 0 fully saturated rings. The van der Waals surface area contributed by atoms with Crippen molar-refractivity contribution in [2.45, 2.75) is 13.1 Å². The third-order valence-corrected chi connectivity index (χ3v) is 6.56. The van der Waals surface area contributed by atoms with Crippen LogP contribution in [0.2, 0.25) is 0 Å². The van der Waals surface area contributed by atoms with Crippen molar-refractivity contribution in [1.29, 1.82) is 0 Å². The number of nitrogens with zero attached hydrogens (tertiary/aromatic N) is 4. The molecule has 36 heavy (non-hydrogen) atoms. The molecule has 0 saturated carbocycles. The van der Waals surface area contributed by atoms with E-state index in [2.05, 4.69) is 0 Å².